The number of amides is 1. The summed E-state index contributed by atoms with van der Waals surface area (Å²) < 4.78 is 5.38. The summed E-state index contributed by atoms with van der Waals surface area (Å²) in [5, 5.41) is 22.2. The van der Waals surface area contributed by atoms with Crippen LogP contribution in [0.3, 0.4) is 0 Å². The lowest BCUT2D eigenvalue weighted by Gasteiger charge is -2.04. The number of hydrogen-bond acceptors (Lipinski definition) is 6. The number of halogens is 1. The van der Waals surface area contributed by atoms with E-state index in [9.17, 15) is 20.0 Å². The average molecular weight is 328 g/mol. The Labute approximate surface area is 114 Å². The maximum atomic E-state index is 11.7. The van der Waals surface area contributed by atoms with Gasteiger partial charge in [-0.25, -0.2) is 4.98 Å². The average Bonchev–Trinajstić information content (AvgIpc) is 2.78. The molecule has 0 aliphatic heterocycles. The molecule has 2 rings (SSSR count). The van der Waals surface area contributed by atoms with Crippen molar-refractivity contribution in [1.29, 1.82) is 0 Å². The molecular formula is C10H6BrN3O5. The highest BCUT2D eigenvalue weighted by Crippen LogP contribution is 2.25. The molecule has 0 aromatic carbocycles. The van der Waals surface area contributed by atoms with Crippen molar-refractivity contribution in [3.63, 3.8) is 0 Å². The van der Waals surface area contributed by atoms with Crippen LogP contribution < -0.4 is 5.32 Å². The minimum Gasteiger partial charge on any atom is -0.504 e. The van der Waals surface area contributed by atoms with Gasteiger partial charge in [0.2, 0.25) is 0 Å². The molecule has 0 radical (unpaired) electrons. The molecule has 9 heteroatoms. The first-order chi connectivity index (χ1) is 8.97. The molecule has 8 nitrogen and oxygen atoms in total. The standard InChI is InChI=1S/C10H6BrN3O5/c11-8-2-1-7(19-8)10(16)13-9-6(15)3-5(4-12-9)14(17)18/h1-4,15H,(H,12,13,16). The number of aromatic nitrogens is 1. The molecule has 0 unspecified atom stereocenters. The normalized spacial score (nSPS) is 10.2. The molecule has 2 heterocycles. The van der Waals surface area contributed by atoms with Crippen molar-refractivity contribution in [2.75, 3.05) is 5.32 Å². The van der Waals surface area contributed by atoms with Gasteiger partial charge in [0.25, 0.3) is 11.6 Å². The monoisotopic (exact) mass is 327 g/mol. The second-order valence-corrected chi connectivity index (χ2v) is 4.16. The Kier molecular flexibility index (Phi) is 3.47. The van der Waals surface area contributed by atoms with E-state index in [2.05, 4.69) is 26.2 Å². The smallest absolute Gasteiger partial charge is 0.292 e. The number of nitro groups is 1. The second kappa shape index (κ2) is 5.06. The van der Waals surface area contributed by atoms with Crippen LogP contribution in [0.15, 0.2) is 33.5 Å². The number of hydrogen-bond donors (Lipinski definition) is 2. The second-order valence-electron chi connectivity index (χ2n) is 3.38. The van der Waals surface area contributed by atoms with Gasteiger partial charge in [-0.05, 0) is 28.1 Å². The summed E-state index contributed by atoms with van der Waals surface area (Å²) >= 11 is 3.04. The molecule has 0 saturated carbocycles. The fraction of sp³-hybridized carbons (Fsp3) is 0. The lowest BCUT2D eigenvalue weighted by atomic mass is 10.3. The van der Waals surface area contributed by atoms with E-state index in [0.29, 0.717) is 4.67 Å². The maximum Gasteiger partial charge on any atom is 0.292 e. The summed E-state index contributed by atoms with van der Waals surface area (Å²) in [6, 6.07) is 3.83. The molecule has 0 spiro atoms. The number of aromatic hydroxyl groups is 1. The van der Waals surface area contributed by atoms with Gasteiger partial charge in [0.15, 0.2) is 22.0 Å². The summed E-state index contributed by atoms with van der Waals surface area (Å²) in [5.74, 6) is -1.33. The Morgan fingerprint density at radius 2 is 2.26 bits per heavy atom. The van der Waals surface area contributed by atoms with E-state index in [4.69, 9.17) is 4.42 Å². The quantitative estimate of drug-likeness (QED) is 0.659. The zero-order valence-corrected chi connectivity index (χ0v) is 10.7. The Bertz CT molecular complexity index is 654. The van der Waals surface area contributed by atoms with Crippen molar-refractivity contribution in [2.45, 2.75) is 0 Å². The van der Waals surface area contributed by atoms with Gasteiger partial charge < -0.3 is 14.8 Å². The molecule has 0 saturated heterocycles. The fourth-order valence-electron chi connectivity index (χ4n) is 1.24. The van der Waals surface area contributed by atoms with Gasteiger partial charge in [-0.15, -0.1) is 0 Å². The highest BCUT2D eigenvalue weighted by molar-refractivity contribution is 9.10. The molecule has 98 valence electrons. The van der Waals surface area contributed by atoms with Gasteiger partial charge >= 0.3 is 0 Å². The molecule has 0 atom stereocenters. The number of carbonyl (C=O) groups excluding carboxylic acids is 1. The van der Waals surface area contributed by atoms with Crippen molar-refractivity contribution in [2.24, 2.45) is 0 Å². The van der Waals surface area contributed by atoms with Crippen molar-refractivity contribution >= 4 is 33.3 Å². The highest BCUT2D eigenvalue weighted by atomic mass is 79.9. The fourth-order valence-corrected chi connectivity index (χ4v) is 1.55. The van der Waals surface area contributed by atoms with Crippen molar-refractivity contribution in [1.82, 2.24) is 4.98 Å². The predicted octanol–water partition coefficient (Wildman–Crippen LogP) is 2.30. The number of anilines is 1. The largest absolute Gasteiger partial charge is 0.504 e. The predicted molar refractivity (Wildman–Crippen MR) is 66.9 cm³/mol. The Balaban J connectivity index is 2.20. The first kappa shape index (κ1) is 13.0. The van der Waals surface area contributed by atoms with Crippen molar-refractivity contribution < 1.29 is 19.2 Å². The Morgan fingerprint density at radius 3 is 2.79 bits per heavy atom. The van der Waals surface area contributed by atoms with Crippen LogP contribution in [0, 0.1) is 10.1 Å². The van der Waals surface area contributed by atoms with Crippen LogP contribution in [-0.2, 0) is 0 Å². The third-order valence-corrected chi connectivity index (χ3v) is 2.52. The molecule has 0 bridgehead atoms. The van der Waals surface area contributed by atoms with Crippen LogP contribution in [0.25, 0.3) is 0 Å². The van der Waals surface area contributed by atoms with Crippen LogP contribution in [0.5, 0.6) is 5.75 Å². The lowest BCUT2D eigenvalue weighted by Crippen LogP contribution is -2.12. The zero-order chi connectivity index (χ0) is 14.0. The Morgan fingerprint density at radius 1 is 1.53 bits per heavy atom. The molecule has 2 aromatic heterocycles. The molecule has 0 aliphatic rings. The molecule has 19 heavy (non-hydrogen) atoms. The van der Waals surface area contributed by atoms with Gasteiger partial charge in [0, 0.05) is 0 Å². The SMILES string of the molecule is O=C(Nc1ncc([N+](=O)[O-])cc1O)c1ccc(Br)o1. The van der Waals surface area contributed by atoms with Crippen LogP contribution in [-0.4, -0.2) is 20.9 Å². The van der Waals surface area contributed by atoms with Gasteiger partial charge in [-0.3, -0.25) is 14.9 Å². The number of furan rings is 1. The van der Waals surface area contributed by atoms with E-state index in [-0.39, 0.29) is 17.3 Å². The van der Waals surface area contributed by atoms with Crippen molar-refractivity contribution in [3.8, 4) is 5.75 Å². The third-order valence-electron chi connectivity index (χ3n) is 2.09. The van der Waals surface area contributed by atoms with E-state index in [1.807, 2.05) is 0 Å². The number of carbonyl (C=O) groups is 1. The van der Waals surface area contributed by atoms with Crippen LogP contribution in [0.4, 0.5) is 11.5 Å². The van der Waals surface area contributed by atoms with Gasteiger partial charge in [0.1, 0.15) is 6.20 Å². The zero-order valence-electron chi connectivity index (χ0n) is 9.16. The number of pyridine rings is 1. The number of nitrogens with zero attached hydrogens (tertiary/aromatic N) is 2. The van der Waals surface area contributed by atoms with E-state index in [0.717, 1.165) is 12.3 Å². The van der Waals surface area contributed by atoms with E-state index < -0.39 is 16.6 Å². The summed E-state index contributed by atoms with van der Waals surface area (Å²) in [6.45, 7) is 0. The van der Waals surface area contributed by atoms with Gasteiger partial charge in [-0.2, -0.15) is 0 Å². The Hall–Kier alpha value is -2.42. The molecule has 2 aromatic rings. The molecule has 0 aliphatic carbocycles. The maximum absolute atomic E-state index is 11.7. The topological polar surface area (TPSA) is 118 Å². The minimum atomic E-state index is -0.706. The van der Waals surface area contributed by atoms with Crippen LogP contribution in [0.1, 0.15) is 10.6 Å². The molecule has 1 amide bonds. The number of rotatable bonds is 3. The van der Waals surface area contributed by atoms with Gasteiger partial charge in [0.05, 0.1) is 11.0 Å². The first-order valence-corrected chi connectivity index (χ1v) is 5.67. The third kappa shape index (κ3) is 2.88. The van der Waals surface area contributed by atoms with E-state index in [1.165, 1.54) is 12.1 Å². The van der Waals surface area contributed by atoms with Crippen LogP contribution in [0.2, 0.25) is 0 Å². The summed E-state index contributed by atoms with van der Waals surface area (Å²) in [5.41, 5.74) is -0.378. The van der Waals surface area contributed by atoms with E-state index in [1.54, 1.807) is 0 Å². The van der Waals surface area contributed by atoms with Crippen molar-refractivity contribution in [3.05, 3.63) is 44.9 Å². The highest BCUT2D eigenvalue weighted by Gasteiger charge is 2.16. The summed E-state index contributed by atoms with van der Waals surface area (Å²) in [6.07, 6.45) is 0.924. The van der Waals surface area contributed by atoms with Crippen LogP contribution >= 0.6 is 15.9 Å². The molecule has 0 fully saturated rings. The lowest BCUT2D eigenvalue weighted by molar-refractivity contribution is -0.385. The summed E-state index contributed by atoms with van der Waals surface area (Å²) in [4.78, 5) is 25.0. The van der Waals surface area contributed by atoms with Gasteiger partial charge in [-0.1, -0.05) is 0 Å². The number of nitrogens with one attached hydrogen (secondary N) is 1. The minimum absolute atomic E-state index is 0.00595. The summed E-state index contributed by atoms with van der Waals surface area (Å²) in [7, 11) is 0. The molecular weight excluding hydrogens is 322 g/mol. The first-order valence-electron chi connectivity index (χ1n) is 4.87. The van der Waals surface area contributed by atoms with E-state index >= 15 is 0 Å². The molecule has 2 N–H and O–H groups in total.